The molecule has 0 aliphatic rings. The Bertz CT molecular complexity index is 690. The molecule has 0 fully saturated rings. The molecule has 0 bridgehead atoms. The number of nitrogens with zero attached hydrogens (tertiary/aromatic N) is 2. The molecule has 0 saturated heterocycles. The Labute approximate surface area is 129 Å². The van der Waals surface area contributed by atoms with Crippen LogP contribution < -0.4 is 0 Å². The number of ketones is 1. The minimum atomic E-state index is 0.197. The van der Waals surface area contributed by atoms with Crippen LogP contribution in [0.3, 0.4) is 0 Å². The molecule has 21 heavy (non-hydrogen) atoms. The van der Waals surface area contributed by atoms with Crippen molar-refractivity contribution >= 4 is 28.9 Å². The topological polar surface area (TPSA) is 71.8 Å². The van der Waals surface area contributed by atoms with Gasteiger partial charge in [-0.15, -0.1) is 21.5 Å². The number of thiophene rings is 1. The van der Waals surface area contributed by atoms with Crippen molar-refractivity contribution < 1.29 is 9.21 Å². The maximum absolute atomic E-state index is 11.8. The fourth-order valence-electron chi connectivity index (χ4n) is 1.79. The molecule has 3 aromatic rings. The van der Waals surface area contributed by atoms with Crippen LogP contribution in [-0.2, 0) is 0 Å². The summed E-state index contributed by atoms with van der Waals surface area (Å²) in [5.74, 6) is 1.46. The number of H-pyrrole nitrogens is 1. The lowest BCUT2D eigenvalue weighted by Gasteiger charge is -1.97. The molecule has 0 spiro atoms. The van der Waals surface area contributed by atoms with Gasteiger partial charge >= 0.3 is 0 Å². The fraction of sp³-hybridized carbons (Fsp3) is 0.214. The molecule has 0 amide bonds. The molecule has 0 aromatic carbocycles. The molecule has 0 aliphatic carbocycles. The summed E-state index contributed by atoms with van der Waals surface area (Å²) in [7, 11) is 0. The Morgan fingerprint density at radius 2 is 2.29 bits per heavy atom. The highest BCUT2D eigenvalue weighted by molar-refractivity contribution is 7.99. The first kappa shape index (κ1) is 14.1. The van der Waals surface area contributed by atoms with Gasteiger partial charge in [-0.05, 0) is 30.0 Å². The van der Waals surface area contributed by atoms with Gasteiger partial charge in [0, 0.05) is 18.4 Å². The second kappa shape index (κ2) is 6.73. The van der Waals surface area contributed by atoms with E-state index >= 15 is 0 Å². The molecule has 0 atom stereocenters. The van der Waals surface area contributed by atoms with Gasteiger partial charge in [-0.2, -0.15) is 0 Å². The summed E-state index contributed by atoms with van der Waals surface area (Å²) >= 11 is 2.96. The van der Waals surface area contributed by atoms with E-state index in [0.717, 1.165) is 22.7 Å². The van der Waals surface area contributed by atoms with Gasteiger partial charge in [-0.3, -0.25) is 4.79 Å². The summed E-state index contributed by atoms with van der Waals surface area (Å²) in [5, 5.41) is 10.4. The molecule has 3 aromatic heterocycles. The van der Waals surface area contributed by atoms with Crippen LogP contribution in [0.1, 0.15) is 22.5 Å². The molecule has 0 radical (unpaired) electrons. The average molecular weight is 319 g/mol. The smallest absolute Gasteiger partial charge is 0.276 e. The Morgan fingerprint density at radius 1 is 1.33 bits per heavy atom. The number of hydrogen-bond acceptors (Lipinski definition) is 6. The van der Waals surface area contributed by atoms with Crippen LogP contribution in [0.5, 0.6) is 0 Å². The van der Waals surface area contributed by atoms with Crippen molar-refractivity contribution in [1.29, 1.82) is 0 Å². The van der Waals surface area contributed by atoms with Crippen LogP contribution in [0.4, 0.5) is 0 Å². The number of thioether (sulfide) groups is 1. The van der Waals surface area contributed by atoms with E-state index in [2.05, 4.69) is 15.2 Å². The van der Waals surface area contributed by atoms with Gasteiger partial charge in [0.1, 0.15) is 5.69 Å². The van der Waals surface area contributed by atoms with Gasteiger partial charge in [0.15, 0.2) is 5.78 Å². The second-order valence-corrected chi connectivity index (χ2v) is 6.30. The number of Topliss-reactive ketones (excluding diaryl/α,β-unsaturated/α-hetero) is 1. The fourth-order valence-corrected chi connectivity index (χ4v) is 3.19. The van der Waals surface area contributed by atoms with Crippen molar-refractivity contribution in [3.63, 3.8) is 0 Å². The van der Waals surface area contributed by atoms with Gasteiger partial charge in [-0.1, -0.05) is 17.8 Å². The van der Waals surface area contributed by atoms with Gasteiger partial charge in [-0.25, -0.2) is 0 Å². The van der Waals surface area contributed by atoms with E-state index in [1.165, 1.54) is 23.1 Å². The summed E-state index contributed by atoms with van der Waals surface area (Å²) in [5.41, 5.74) is 0.808. The van der Waals surface area contributed by atoms with Gasteiger partial charge < -0.3 is 9.40 Å². The van der Waals surface area contributed by atoms with Crippen molar-refractivity contribution in [3.8, 4) is 11.6 Å². The first-order valence-electron chi connectivity index (χ1n) is 6.50. The molecule has 0 saturated carbocycles. The molecule has 3 heterocycles. The van der Waals surface area contributed by atoms with Crippen LogP contribution in [0, 0.1) is 0 Å². The average Bonchev–Trinajstić information content (AvgIpc) is 3.25. The second-order valence-electron chi connectivity index (χ2n) is 4.31. The Hall–Kier alpha value is -1.86. The van der Waals surface area contributed by atoms with Crippen molar-refractivity contribution in [2.24, 2.45) is 0 Å². The standard InChI is InChI=1S/C14H13N3O2S2/c18-11(12-6-3-8-20-12)5-2-9-21-14-17-16-13(19-14)10-4-1-7-15-10/h1,3-4,6-8,15H,2,5,9H2. The number of hydrogen-bond donors (Lipinski definition) is 1. The van der Waals surface area contributed by atoms with Crippen LogP contribution in [0.25, 0.3) is 11.6 Å². The molecule has 0 unspecified atom stereocenters. The summed E-state index contributed by atoms with van der Waals surface area (Å²) in [6.45, 7) is 0. The first-order valence-corrected chi connectivity index (χ1v) is 8.36. The van der Waals surface area contributed by atoms with E-state index in [0.29, 0.717) is 17.5 Å². The molecule has 7 heteroatoms. The largest absolute Gasteiger partial charge is 0.410 e. The molecule has 1 N–H and O–H groups in total. The highest BCUT2D eigenvalue weighted by atomic mass is 32.2. The zero-order chi connectivity index (χ0) is 14.5. The quantitative estimate of drug-likeness (QED) is 0.406. The van der Waals surface area contributed by atoms with Crippen molar-refractivity contribution in [1.82, 2.24) is 15.2 Å². The van der Waals surface area contributed by atoms with E-state index < -0.39 is 0 Å². The first-order chi connectivity index (χ1) is 10.3. The lowest BCUT2D eigenvalue weighted by molar-refractivity contribution is 0.0986. The predicted molar refractivity (Wildman–Crippen MR) is 82.7 cm³/mol. The van der Waals surface area contributed by atoms with Gasteiger partial charge in [0.05, 0.1) is 4.88 Å². The van der Waals surface area contributed by atoms with E-state index in [1.807, 2.05) is 35.8 Å². The Balaban J connectivity index is 1.45. The number of rotatable bonds is 7. The molecule has 0 aliphatic heterocycles. The lowest BCUT2D eigenvalue weighted by Crippen LogP contribution is -1.96. The van der Waals surface area contributed by atoms with Crippen LogP contribution in [-0.4, -0.2) is 26.7 Å². The molecular formula is C14H13N3O2S2. The number of carbonyl (C=O) groups excluding carboxylic acids is 1. The predicted octanol–water partition coefficient (Wildman–Crippen LogP) is 3.88. The van der Waals surface area contributed by atoms with Crippen molar-refractivity contribution in [2.75, 3.05) is 5.75 Å². The van der Waals surface area contributed by atoms with E-state index in [4.69, 9.17) is 4.42 Å². The van der Waals surface area contributed by atoms with Gasteiger partial charge in [0.25, 0.3) is 11.1 Å². The van der Waals surface area contributed by atoms with Crippen molar-refractivity contribution in [2.45, 2.75) is 18.1 Å². The SMILES string of the molecule is O=C(CCCSc1nnc(-c2ccc[nH]2)o1)c1cccs1. The van der Waals surface area contributed by atoms with E-state index in [-0.39, 0.29) is 5.78 Å². The summed E-state index contributed by atoms with van der Waals surface area (Å²) in [6, 6.07) is 7.51. The molecular weight excluding hydrogens is 306 g/mol. The summed E-state index contributed by atoms with van der Waals surface area (Å²) in [6.07, 6.45) is 3.15. The van der Waals surface area contributed by atoms with E-state index in [1.54, 1.807) is 0 Å². The highest BCUT2D eigenvalue weighted by Crippen LogP contribution is 2.23. The molecule has 5 nitrogen and oxygen atoms in total. The lowest BCUT2D eigenvalue weighted by atomic mass is 10.2. The third-order valence-electron chi connectivity index (χ3n) is 2.80. The maximum atomic E-state index is 11.8. The zero-order valence-corrected chi connectivity index (χ0v) is 12.7. The molecule has 108 valence electrons. The minimum absolute atomic E-state index is 0.197. The summed E-state index contributed by atoms with van der Waals surface area (Å²) in [4.78, 5) is 15.7. The van der Waals surface area contributed by atoms with Crippen molar-refractivity contribution in [3.05, 3.63) is 40.7 Å². The third-order valence-corrected chi connectivity index (χ3v) is 4.62. The normalized spacial score (nSPS) is 10.9. The number of carbonyl (C=O) groups is 1. The van der Waals surface area contributed by atoms with Crippen LogP contribution in [0.15, 0.2) is 45.5 Å². The number of nitrogens with one attached hydrogen (secondary N) is 1. The van der Waals surface area contributed by atoms with Crippen LogP contribution >= 0.6 is 23.1 Å². The third kappa shape index (κ3) is 3.62. The zero-order valence-electron chi connectivity index (χ0n) is 11.1. The Kier molecular flexibility index (Phi) is 4.52. The monoisotopic (exact) mass is 319 g/mol. The van der Waals surface area contributed by atoms with Crippen LogP contribution in [0.2, 0.25) is 0 Å². The Morgan fingerprint density at radius 3 is 3.05 bits per heavy atom. The highest BCUT2D eigenvalue weighted by Gasteiger charge is 2.10. The van der Waals surface area contributed by atoms with E-state index in [9.17, 15) is 4.79 Å². The molecule has 3 rings (SSSR count). The number of aromatic amines is 1. The number of aromatic nitrogens is 3. The minimum Gasteiger partial charge on any atom is -0.410 e. The maximum Gasteiger partial charge on any atom is 0.276 e. The van der Waals surface area contributed by atoms with Gasteiger partial charge in [0.2, 0.25) is 0 Å². The summed E-state index contributed by atoms with van der Waals surface area (Å²) < 4.78 is 5.53.